The number of rotatable bonds is 1. The normalized spacial score (nSPS) is 12.8. The lowest BCUT2D eigenvalue weighted by Gasteiger charge is -2.36. The second-order valence-corrected chi connectivity index (χ2v) is 14.0. The number of nitriles is 1. The monoisotopic (exact) mass is 631 g/mol. The van der Waals surface area contributed by atoms with Gasteiger partial charge in [0.25, 0.3) is 0 Å². The predicted octanol–water partition coefficient (Wildman–Crippen LogP) is 9.99. The van der Waals surface area contributed by atoms with Crippen LogP contribution in [0.25, 0.3) is 93.1 Å². The molecule has 0 fully saturated rings. The van der Waals surface area contributed by atoms with Crippen molar-refractivity contribution in [3.05, 3.63) is 151 Å². The van der Waals surface area contributed by atoms with Gasteiger partial charge in [0.2, 0.25) is 0 Å². The highest BCUT2D eigenvalue weighted by Gasteiger charge is 2.43. The topological polar surface area (TPSA) is 33.6 Å². The van der Waals surface area contributed by atoms with E-state index in [1.807, 2.05) is 18.2 Å². The van der Waals surface area contributed by atoms with Crippen LogP contribution >= 0.6 is 0 Å². The fourth-order valence-electron chi connectivity index (χ4n) is 9.73. The Labute approximate surface area is 287 Å². The van der Waals surface area contributed by atoms with Crippen LogP contribution in [0.15, 0.2) is 140 Å². The zero-order chi connectivity index (χ0) is 32.8. The molecule has 2 aliphatic heterocycles. The smallest absolute Gasteiger partial charge is 0.333 e. The maximum Gasteiger partial charge on any atom is 0.333 e. The molecular weight excluding hydrogens is 605 g/mol. The minimum absolute atomic E-state index is 0.0199. The number of hydrogen-bond acceptors (Lipinski definition) is 1. The van der Waals surface area contributed by atoms with Gasteiger partial charge >= 0.3 is 6.85 Å². The first-order valence-corrected chi connectivity index (χ1v) is 17.3. The van der Waals surface area contributed by atoms with Crippen molar-refractivity contribution in [2.75, 3.05) is 0 Å². The van der Waals surface area contributed by atoms with Crippen LogP contribution in [-0.2, 0) is 0 Å². The van der Waals surface area contributed by atoms with Crippen LogP contribution < -0.4 is 10.9 Å². The van der Waals surface area contributed by atoms with Gasteiger partial charge in [-0.2, -0.15) is 5.26 Å². The van der Waals surface area contributed by atoms with Crippen molar-refractivity contribution in [2.24, 2.45) is 0 Å². The van der Waals surface area contributed by atoms with E-state index in [9.17, 15) is 5.26 Å². The van der Waals surface area contributed by atoms with Gasteiger partial charge in [-0.05, 0) is 98.0 Å². The van der Waals surface area contributed by atoms with Crippen molar-refractivity contribution in [3.63, 3.8) is 0 Å². The maximum absolute atomic E-state index is 9.92. The molecule has 0 saturated heterocycles. The van der Waals surface area contributed by atoms with E-state index in [0.29, 0.717) is 5.56 Å². The Morgan fingerprint density at radius 1 is 0.580 bits per heavy atom. The van der Waals surface area contributed by atoms with E-state index in [2.05, 4.69) is 143 Å². The molecule has 0 atom stereocenters. The molecule has 0 unspecified atom stereocenters. The molecule has 0 bridgehead atoms. The molecule has 0 aliphatic carbocycles. The van der Waals surface area contributed by atoms with E-state index < -0.39 is 0 Å². The van der Waals surface area contributed by atoms with Gasteiger partial charge in [-0.1, -0.05) is 103 Å². The molecule has 3 nitrogen and oxygen atoms in total. The first-order chi connectivity index (χ1) is 24.7. The molecule has 0 N–H and O–H groups in total. The number of nitrogens with zero attached hydrogens (tertiary/aromatic N) is 3. The SMILES string of the molecule is Cc1c(-c2cccc(C#N)c2)cc2c3c1-c1cc4ccccc4c4c5c6ccccc6ccc5n(c14)B3c1cccc3c4ccccc4n-2c13. The number of aromatic nitrogens is 2. The summed E-state index contributed by atoms with van der Waals surface area (Å²) in [6.07, 6.45) is 0. The van der Waals surface area contributed by atoms with Crippen LogP contribution in [0.2, 0.25) is 0 Å². The highest BCUT2D eigenvalue weighted by Crippen LogP contribution is 2.49. The van der Waals surface area contributed by atoms with Crippen molar-refractivity contribution in [1.29, 1.82) is 5.26 Å². The second-order valence-electron chi connectivity index (χ2n) is 14.0. The molecule has 8 aromatic carbocycles. The van der Waals surface area contributed by atoms with Crippen molar-refractivity contribution < 1.29 is 0 Å². The third kappa shape index (κ3) is 3.03. The van der Waals surface area contributed by atoms with Gasteiger partial charge in [-0.25, -0.2) is 0 Å². The van der Waals surface area contributed by atoms with Gasteiger partial charge in [0.05, 0.1) is 22.7 Å². The molecule has 228 valence electrons. The van der Waals surface area contributed by atoms with Crippen LogP contribution in [0.1, 0.15) is 11.1 Å². The highest BCUT2D eigenvalue weighted by molar-refractivity contribution is 6.90. The van der Waals surface area contributed by atoms with Crippen molar-refractivity contribution in [2.45, 2.75) is 6.92 Å². The van der Waals surface area contributed by atoms with Crippen molar-refractivity contribution in [3.8, 4) is 34.0 Å². The third-order valence-electron chi connectivity index (χ3n) is 11.6. The van der Waals surface area contributed by atoms with E-state index in [0.717, 1.165) is 11.1 Å². The Morgan fingerprint density at radius 3 is 2.18 bits per heavy atom. The number of benzene rings is 8. The maximum atomic E-state index is 9.92. The Balaban J connectivity index is 1.38. The van der Waals surface area contributed by atoms with Gasteiger partial charge in [-0.3, -0.25) is 0 Å². The molecule has 2 aromatic heterocycles. The molecular formula is C46H26BN3. The molecule has 0 spiro atoms. The first-order valence-electron chi connectivity index (χ1n) is 17.3. The van der Waals surface area contributed by atoms with Gasteiger partial charge < -0.3 is 9.05 Å². The lowest BCUT2D eigenvalue weighted by molar-refractivity contribution is 1.17. The molecule has 4 heteroatoms. The standard InChI is InChI=1S/C46H26BN3/c1-26-35(29-13-8-10-27(22-29)25-48)24-40-44-41(26)36-23-30-12-3-5-15-32(30)43-42-31-14-4-2-11-28(31)20-21-39(42)50(46(36)43)47(44)37-18-9-17-34-33-16-6-7-19-38(33)49(40)45(34)37/h2-24H,1H3. The Kier molecular flexibility index (Phi) is 4.81. The summed E-state index contributed by atoms with van der Waals surface area (Å²) in [6.45, 7) is 2.27. The summed E-state index contributed by atoms with van der Waals surface area (Å²) < 4.78 is 5.20. The summed E-state index contributed by atoms with van der Waals surface area (Å²) in [6, 6.07) is 53.5. The molecule has 0 radical (unpaired) electrons. The number of fused-ring (bicyclic) bond motifs is 14. The summed E-state index contributed by atoms with van der Waals surface area (Å²) in [5, 5.41) is 20.2. The quantitative estimate of drug-likeness (QED) is 0.166. The summed E-state index contributed by atoms with van der Waals surface area (Å²) in [5.74, 6) is 0. The van der Waals surface area contributed by atoms with Gasteiger partial charge in [0.15, 0.2) is 0 Å². The van der Waals surface area contributed by atoms with Crippen molar-refractivity contribution >= 4 is 82.9 Å². The van der Waals surface area contributed by atoms with Gasteiger partial charge in [0.1, 0.15) is 0 Å². The van der Waals surface area contributed by atoms with E-state index in [-0.39, 0.29) is 6.85 Å². The zero-order valence-electron chi connectivity index (χ0n) is 27.2. The summed E-state index contributed by atoms with van der Waals surface area (Å²) in [4.78, 5) is 0. The Morgan fingerprint density at radius 2 is 1.32 bits per heavy atom. The minimum Gasteiger partial charge on any atom is -0.375 e. The van der Waals surface area contributed by atoms with E-state index in [4.69, 9.17) is 0 Å². The lowest BCUT2D eigenvalue weighted by Crippen LogP contribution is -2.55. The number of hydrogen-bond donors (Lipinski definition) is 0. The second kappa shape index (κ2) is 9.11. The summed E-state index contributed by atoms with van der Waals surface area (Å²) in [5.41, 5.74) is 15.7. The summed E-state index contributed by atoms with van der Waals surface area (Å²) >= 11 is 0. The Bertz CT molecular complexity index is 3240. The number of para-hydroxylation sites is 2. The van der Waals surface area contributed by atoms with Gasteiger partial charge in [-0.15, -0.1) is 0 Å². The fourth-order valence-corrected chi connectivity index (χ4v) is 9.73. The molecule has 12 rings (SSSR count). The average Bonchev–Trinajstić information content (AvgIpc) is 3.70. The van der Waals surface area contributed by atoms with Gasteiger partial charge in [0, 0.05) is 43.8 Å². The lowest BCUT2D eigenvalue weighted by atomic mass is 9.45. The third-order valence-corrected chi connectivity index (χ3v) is 11.6. The van der Waals surface area contributed by atoms with E-state index >= 15 is 0 Å². The van der Waals surface area contributed by atoms with Crippen LogP contribution in [0.4, 0.5) is 0 Å². The van der Waals surface area contributed by atoms with Crippen LogP contribution in [0.5, 0.6) is 0 Å². The molecule has 0 amide bonds. The van der Waals surface area contributed by atoms with E-state index in [1.165, 1.54) is 98.5 Å². The molecule has 2 aliphatic rings. The average molecular weight is 632 g/mol. The van der Waals surface area contributed by atoms with Crippen LogP contribution in [0.3, 0.4) is 0 Å². The van der Waals surface area contributed by atoms with Crippen LogP contribution in [0, 0.1) is 18.3 Å². The van der Waals surface area contributed by atoms with E-state index in [1.54, 1.807) is 0 Å². The molecule has 4 heterocycles. The summed E-state index contributed by atoms with van der Waals surface area (Å²) in [7, 11) is 0. The van der Waals surface area contributed by atoms with Crippen LogP contribution in [-0.4, -0.2) is 15.9 Å². The minimum atomic E-state index is -0.0199. The zero-order valence-corrected chi connectivity index (χ0v) is 27.2. The van der Waals surface area contributed by atoms with Crippen molar-refractivity contribution in [1.82, 2.24) is 9.05 Å². The predicted molar refractivity (Wildman–Crippen MR) is 210 cm³/mol. The Hall–Kier alpha value is -6.57. The fraction of sp³-hybridized carbons (Fsp3) is 0.0217. The largest absolute Gasteiger partial charge is 0.375 e. The first kappa shape index (κ1) is 26.4. The molecule has 10 aromatic rings. The highest BCUT2D eigenvalue weighted by atomic mass is 15.0. The molecule has 0 saturated carbocycles. The molecule has 50 heavy (non-hydrogen) atoms.